The minimum atomic E-state index is -1.20. The van der Waals surface area contributed by atoms with Crippen LogP contribution >= 0.6 is 0 Å². The highest BCUT2D eigenvalue weighted by molar-refractivity contribution is 5.93. The highest BCUT2D eigenvalue weighted by Gasteiger charge is 2.43. The molecule has 0 bridgehead atoms. The number of nitrogens with one attached hydrogen (secondary N) is 3. The Kier molecular flexibility index (Phi) is 9.76. The van der Waals surface area contributed by atoms with E-state index in [-0.39, 0.29) is 43.1 Å². The summed E-state index contributed by atoms with van der Waals surface area (Å²) in [5, 5.41) is 35.6. The summed E-state index contributed by atoms with van der Waals surface area (Å²) in [6.07, 6.45) is 4.34. The average Bonchev–Trinajstić information content (AvgIpc) is 3.90. The molecule has 4 aromatic heterocycles. The molecular formula is C37H38N10O4. The minimum absolute atomic E-state index is 0.0307. The van der Waals surface area contributed by atoms with Crippen LogP contribution in [-0.2, 0) is 11.3 Å². The number of imidazole rings is 1. The van der Waals surface area contributed by atoms with Gasteiger partial charge in [-0.25, -0.2) is 9.67 Å². The summed E-state index contributed by atoms with van der Waals surface area (Å²) < 4.78 is 3.11. The molecule has 0 radical (unpaired) electrons. The molecule has 7 rings (SSSR count). The number of carbonyl (C=O) groups excluding carboxylic acids is 2. The first kappa shape index (κ1) is 33.5. The highest BCUT2D eigenvalue weighted by atomic mass is 16.3. The summed E-state index contributed by atoms with van der Waals surface area (Å²) in [6, 6.07) is 24.5. The summed E-state index contributed by atoms with van der Waals surface area (Å²) in [5.74, 6) is -0.00473. The first-order valence-corrected chi connectivity index (χ1v) is 16.9. The van der Waals surface area contributed by atoms with Crippen LogP contribution in [0.3, 0.4) is 0 Å². The lowest BCUT2D eigenvalue weighted by Crippen LogP contribution is -2.42. The van der Waals surface area contributed by atoms with Crippen LogP contribution in [-0.4, -0.2) is 81.1 Å². The van der Waals surface area contributed by atoms with E-state index in [4.69, 9.17) is 9.97 Å². The molecule has 2 amide bonds. The van der Waals surface area contributed by atoms with Crippen molar-refractivity contribution >= 4 is 28.8 Å². The number of carbonyl (C=O) groups is 2. The molecule has 0 saturated heterocycles. The maximum atomic E-state index is 13.0. The number of rotatable bonds is 12. The van der Waals surface area contributed by atoms with Crippen LogP contribution in [0, 0.1) is 0 Å². The van der Waals surface area contributed by atoms with Gasteiger partial charge in [0.25, 0.3) is 11.9 Å². The fourth-order valence-corrected chi connectivity index (χ4v) is 6.43. The molecule has 0 spiro atoms. The topological polar surface area (TPSA) is 185 Å². The van der Waals surface area contributed by atoms with Crippen molar-refractivity contribution < 1.29 is 19.8 Å². The fourth-order valence-electron chi connectivity index (χ4n) is 6.43. The standard InChI is InChI=1S/C37H38N10O4/c1-2-30(48)43-28-17-29(33(50)32(28)49)46-22-41-31-34(39-20-27(23-11-5-3-6-12-23)24-13-7-4-8-14-24)44-37(45-35(31)46)47-21-25(18-42-47)36(51)40-19-26-15-9-10-16-38-26/h3-16,18,21-22,27-29,32-33,49-50H,2,17,19-20H2,1H3,(H,40,51)(H,43,48)(H,39,44,45)/t28-,29+,32+,33-/m0/s1. The molecule has 4 heterocycles. The van der Waals surface area contributed by atoms with Gasteiger partial charge in [-0.3, -0.25) is 14.6 Å². The normalized spacial score (nSPS) is 18.6. The van der Waals surface area contributed by atoms with Crippen LogP contribution in [0.15, 0.2) is 104 Å². The summed E-state index contributed by atoms with van der Waals surface area (Å²) in [5.41, 5.74) is 4.08. The zero-order valence-electron chi connectivity index (χ0n) is 27.9. The van der Waals surface area contributed by atoms with Gasteiger partial charge in [-0.1, -0.05) is 73.7 Å². The van der Waals surface area contributed by atoms with E-state index in [9.17, 15) is 19.8 Å². The lowest BCUT2D eigenvalue weighted by atomic mass is 9.91. The number of benzene rings is 2. The lowest BCUT2D eigenvalue weighted by molar-refractivity contribution is -0.122. The smallest absolute Gasteiger partial charge is 0.254 e. The molecule has 6 aromatic rings. The van der Waals surface area contributed by atoms with Gasteiger partial charge >= 0.3 is 0 Å². The van der Waals surface area contributed by atoms with E-state index in [0.29, 0.717) is 29.1 Å². The van der Waals surface area contributed by atoms with E-state index in [0.717, 1.165) is 16.8 Å². The quantitative estimate of drug-likeness (QED) is 0.128. The van der Waals surface area contributed by atoms with Gasteiger partial charge in [0.2, 0.25) is 5.91 Å². The van der Waals surface area contributed by atoms with Crippen molar-refractivity contribution in [3.8, 4) is 5.95 Å². The Morgan fingerprint density at radius 3 is 2.33 bits per heavy atom. The molecule has 14 nitrogen and oxygen atoms in total. The van der Waals surface area contributed by atoms with Crippen LogP contribution < -0.4 is 16.0 Å². The first-order chi connectivity index (χ1) is 24.9. The fraction of sp³-hybridized carbons (Fsp3) is 0.270. The second-order valence-electron chi connectivity index (χ2n) is 12.4. The van der Waals surface area contributed by atoms with Gasteiger partial charge in [0, 0.05) is 31.3 Å². The van der Waals surface area contributed by atoms with E-state index in [1.54, 1.807) is 30.2 Å². The van der Waals surface area contributed by atoms with Crippen molar-refractivity contribution in [3.63, 3.8) is 0 Å². The van der Waals surface area contributed by atoms with E-state index < -0.39 is 24.3 Å². The molecule has 1 fully saturated rings. The predicted octanol–water partition coefficient (Wildman–Crippen LogP) is 3.14. The zero-order valence-corrected chi connectivity index (χ0v) is 27.9. The first-order valence-electron chi connectivity index (χ1n) is 16.9. The van der Waals surface area contributed by atoms with Crippen LogP contribution in [0.25, 0.3) is 17.1 Å². The number of pyridine rings is 1. The molecule has 0 unspecified atom stereocenters. The van der Waals surface area contributed by atoms with E-state index in [2.05, 4.69) is 55.3 Å². The number of anilines is 1. The summed E-state index contributed by atoms with van der Waals surface area (Å²) in [6.45, 7) is 2.44. The van der Waals surface area contributed by atoms with Gasteiger partial charge < -0.3 is 30.7 Å². The van der Waals surface area contributed by atoms with Crippen molar-refractivity contribution in [2.75, 3.05) is 11.9 Å². The minimum Gasteiger partial charge on any atom is -0.388 e. The Hall–Kier alpha value is -5.99. The number of hydrogen-bond donors (Lipinski definition) is 5. The van der Waals surface area contributed by atoms with Gasteiger partial charge in [-0.2, -0.15) is 15.1 Å². The monoisotopic (exact) mass is 686 g/mol. The SMILES string of the molecule is CCC(=O)N[C@H]1C[C@@H](n2cnc3c(NCC(c4ccccc4)c4ccccc4)nc(-n4cc(C(=O)NCc5ccccn5)cn4)nc32)[C@H](O)[C@@H]1O. The van der Waals surface area contributed by atoms with Crippen molar-refractivity contribution in [1.29, 1.82) is 0 Å². The molecule has 14 heteroatoms. The Morgan fingerprint density at radius 1 is 0.922 bits per heavy atom. The number of aliphatic hydroxyl groups excluding tert-OH is 2. The second kappa shape index (κ2) is 14.9. The number of aliphatic hydroxyl groups is 2. The number of nitrogens with zero attached hydrogens (tertiary/aromatic N) is 7. The largest absolute Gasteiger partial charge is 0.388 e. The highest BCUT2D eigenvalue weighted by Crippen LogP contribution is 2.35. The maximum absolute atomic E-state index is 13.0. The van der Waals surface area contributed by atoms with E-state index >= 15 is 0 Å². The van der Waals surface area contributed by atoms with Crippen molar-refractivity contribution in [2.45, 2.75) is 56.5 Å². The molecule has 1 aliphatic carbocycles. The average molecular weight is 687 g/mol. The Labute approximate surface area is 293 Å². The molecule has 2 aromatic carbocycles. The van der Waals surface area contributed by atoms with Gasteiger partial charge in [0.1, 0.15) is 12.2 Å². The third-order valence-corrected chi connectivity index (χ3v) is 9.17. The Balaban J connectivity index is 1.24. The van der Waals surface area contributed by atoms with Crippen molar-refractivity contribution in [2.24, 2.45) is 0 Å². The summed E-state index contributed by atoms with van der Waals surface area (Å²) in [7, 11) is 0. The number of hydrogen-bond acceptors (Lipinski definition) is 10. The van der Waals surface area contributed by atoms with Crippen molar-refractivity contribution in [3.05, 3.63) is 126 Å². The zero-order chi connectivity index (χ0) is 35.3. The molecular weight excluding hydrogens is 648 g/mol. The van der Waals surface area contributed by atoms with E-state index in [1.165, 1.54) is 10.9 Å². The molecule has 51 heavy (non-hydrogen) atoms. The molecule has 1 aliphatic rings. The second-order valence-corrected chi connectivity index (χ2v) is 12.4. The number of amides is 2. The molecule has 1 saturated carbocycles. The Bertz CT molecular complexity index is 2070. The number of fused-ring (bicyclic) bond motifs is 1. The molecule has 5 N–H and O–H groups in total. The van der Waals surface area contributed by atoms with Gasteiger partial charge in [0.15, 0.2) is 17.0 Å². The third-order valence-electron chi connectivity index (χ3n) is 9.17. The maximum Gasteiger partial charge on any atom is 0.254 e. The van der Waals surface area contributed by atoms with E-state index in [1.807, 2.05) is 54.6 Å². The third kappa shape index (κ3) is 7.18. The van der Waals surface area contributed by atoms with Crippen molar-refractivity contribution in [1.82, 2.24) is 44.9 Å². The van der Waals surface area contributed by atoms with Gasteiger partial charge in [-0.15, -0.1) is 0 Å². The predicted molar refractivity (Wildman–Crippen MR) is 189 cm³/mol. The van der Waals surface area contributed by atoms with Crippen LogP contribution in [0.1, 0.15) is 58.9 Å². The Morgan fingerprint density at radius 2 is 1.65 bits per heavy atom. The number of aromatic nitrogens is 7. The lowest BCUT2D eigenvalue weighted by Gasteiger charge is -2.20. The molecule has 260 valence electrons. The van der Waals surface area contributed by atoms with Gasteiger partial charge in [-0.05, 0) is 29.7 Å². The van der Waals surface area contributed by atoms with Crippen LogP contribution in [0.5, 0.6) is 0 Å². The summed E-state index contributed by atoms with van der Waals surface area (Å²) in [4.78, 5) is 43.8. The molecule has 4 atom stereocenters. The van der Waals surface area contributed by atoms with Crippen LogP contribution in [0.2, 0.25) is 0 Å². The van der Waals surface area contributed by atoms with Crippen LogP contribution in [0.4, 0.5) is 5.82 Å². The summed E-state index contributed by atoms with van der Waals surface area (Å²) >= 11 is 0. The molecule has 0 aliphatic heterocycles. The van der Waals surface area contributed by atoms with Gasteiger partial charge in [0.05, 0.1) is 42.4 Å².